The number of amides is 1. The van der Waals surface area contributed by atoms with Gasteiger partial charge < -0.3 is 0 Å². The number of benzene rings is 2. The van der Waals surface area contributed by atoms with Gasteiger partial charge in [-0.25, -0.2) is 0 Å². The van der Waals surface area contributed by atoms with E-state index in [0.717, 1.165) is 11.1 Å². The van der Waals surface area contributed by atoms with Gasteiger partial charge >= 0.3 is 249 Å². The number of carbonyl (C=O) groups is 2. The van der Waals surface area contributed by atoms with Crippen LogP contribution in [0.1, 0.15) is 70.5 Å². The molecule has 4 atom stereocenters. The number of rotatable bonds is 10. The fourth-order valence-corrected chi connectivity index (χ4v) is 8.26. The monoisotopic (exact) mass is 692 g/mol. The van der Waals surface area contributed by atoms with Crippen molar-refractivity contribution in [1.29, 1.82) is 0 Å². The zero-order chi connectivity index (χ0) is 28.4. The van der Waals surface area contributed by atoms with Gasteiger partial charge in [0.25, 0.3) is 0 Å². The summed E-state index contributed by atoms with van der Waals surface area (Å²) in [6, 6.07) is 14.0. The van der Waals surface area contributed by atoms with Gasteiger partial charge in [0.05, 0.1) is 0 Å². The van der Waals surface area contributed by atoms with Gasteiger partial charge in [0, 0.05) is 0 Å². The number of likely N-dealkylation sites (tertiary alicyclic amines) is 1. The second-order valence-corrected chi connectivity index (χ2v) is 16.8. The van der Waals surface area contributed by atoms with Crippen LogP contribution in [0.25, 0.3) is 0 Å². The van der Waals surface area contributed by atoms with Crippen LogP contribution in [0.3, 0.4) is 0 Å². The van der Waals surface area contributed by atoms with E-state index in [1.807, 2.05) is 62.1 Å². The molecule has 1 saturated heterocycles. The van der Waals surface area contributed by atoms with E-state index in [2.05, 4.69) is 0 Å². The summed E-state index contributed by atoms with van der Waals surface area (Å²) in [5.41, 5.74) is 0.864. The van der Waals surface area contributed by atoms with E-state index in [0.29, 0.717) is 16.5 Å². The third kappa shape index (κ3) is 6.94. The van der Waals surface area contributed by atoms with Crippen LogP contribution in [0.2, 0.25) is 10.0 Å². The van der Waals surface area contributed by atoms with E-state index in [1.165, 1.54) is 0 Å². The normalized spacial score (nSPS) is 23.3. The van der Waals surface area contributed by atoms with Gasteiger partial charge in [-0.1, -0.05) is 0 Å². The number of hydrogen-bond donors (Lipinski definition) is 0. The van der Waals surface area contributed by atoms with Crippen molar-refractivity contribution in [3.8, 4) is 0 Å². The summed E-state index contributed by atoms with van der Waals surface area (Å²) in [4.78, 5) is 31.0. The number of piperidine rings is 1. The fraction of sp³-hybridized carbons (Fsp3) is 0.517. The van der Waals surface area contributed by atoms with Crippen LogP contribution < -0.4 is 21.2 Å². The van der Waals surface area contributed by atoms with E-state index >= 15 is 0 Å². The summed E-state index contributed by atoms with van der Waals surface area (Å²) in [6.07, 6.45) is 0.603. The summed E-state index contributed by atoms with van der Waals surface area (Å²) in [5, 5.41) is 0.590. The fourth-order valence-electron chi connectivity index (χ4n) is 5.31. The molecule has 0 radical (unpaired) electrons. The molecule has 210 valence electrons. The Hall–Kier alpha value is -1.16. The topological polar surface area (TPSA) is 71.5 Å². The third-order valence-electron chi connectivity index (χ3n) is 7.58. The second kappa shape index (κ2) is 12.6. The van der Waals surface area contributed by atoms with Crippen molar-refractivity contribution in [2.75, 3.05) is 10.7 Å². The molecule has 0 saturated carbocycles. The first-order valence-electron chi connectivity index (χ1n) is 12.8. The molecule has 1 fully saturated rings. The van der Waals surface area contributed by atoms with Crippen molar-refractivity contribution < 1.29 is 39.2 Å². The maximum atomic E-state index is 14.5. The number of nitrogens with zero attached hydrogens (tertiary/aromatic N) is 1. The molecule has 2 aromatic carbocycles. The van der Waals surface area contributed by atoms with E-state index in [9.17, 15) is 18.0 Å². The molecule has 0 bridgehead atoms. The van der Waals surface area contributed by atoms with Gasteiger partial charge in [-0.05, 0) is 0 Å². The van der Waals surface area contributed by atoms with Crippen LogP contribution in [0, 0.1) is 11.3 Å². The van der Waals surface area contributed by atoms with Gasteiger partial charge in [-0.2, -0.15) is 0 Å². The Labute approximate surface area is 247 Å². The van der Waals surface area contributed by atoms with Crippen molar-refractivity contribution in [3.63, 3.8) is 0 Å². The van der Waals surface area contributed by atoms with Crippen LogP contribution in [-0.2, 0) is 19.4 Å². The number of hydrogen-bond acceptors (Lipinski definition) is 4. The molecule has 0 aliphatic carbocycles. The van der Waals surface area contributed by atoms with E-state index < -0.39 is 53.8 Å². The average molecular weight is 693 g/mol. The maximum absolute atomic E-state index is 14.5. The van der Waals surface area contributed by atoms with Crippen LogP contribution >= 0.6 is 23.2 Å². The number of sulfone groups is 1. The average Bonchev–Trinajstić information content (AvgIpc) is 2.84. The molecular formula is C29H37Cl2INO4S-. The Bertz CT molecular complexity index is 1270. The minimum atomic E-state index is -3.48. The molecule has 3 rings (SSSR count). The summed E-state index contributed by atoms with van der Waals surface area (Å²) in [5.74, 6) is -0.660. The number of alkyl halides is 1. The van der Waals surface area contributed by atoms with Crippen LogP contribution in [-0.4, -0.2) is 45.0 Å². The minimum absolute atomic E-state index is 0.116. The van der Waals surface area contributed by atoms with Crippen molar-refractivity contribution in [2.45, 2.75) is 70.7 Å². The van der Waals surface area contributed by atoms with Crippen molar-refractivity contribution in [3.05, 3.63) is 69.7 Å². The molecule has 9 heteroatoms. The summed E-state index contributed by atoms with van der Waals surface area (Å²) in [7, 11) is -3.48. The van der Waals surface area contributed by atoms with Crippen LogP contribution in [0.5, 0.6) is 0 Å². The van der Waals surface area contributed by atoms with Gasteiger partial charge in [0.1, 0.15) is 0 Å². The zero-order valence-electron chi connectivity index (χ0n) is 22.7. The molecule has 0 N–H and O–H groups in total. The predicted octanol–water partition coefficient (Wildman–Crippen LogP) is 3.54. The van der Waals surface area contributed by atoms with Crippen molar-refractivity contribution in [2.24, 2.45) is 11.3 Å². The molecule has 38 heavy (non-hydrogen) atoms. The SMILES string of the molecule is C[I-]C(=O)C[C@@]1(C)C[C@H](c2cccc(Cl)c2)[C@@H](c2ccc(Cl)cc2)N([C@H](CS(=O)(=O)C(C)C)C(C)C)C1=O. The molecule has 0 unspecified atom stereocenters. The first-order chi connectivity index (χ1) is 17.7. The molecule has 0 spiro atoms. The van der Waals surface area contributed by atoms with E-state index in [-0.39, 0.29) is 33.7 Å². The van der Waals surface area contributed by atoms with Gasteiger partial charge in [0.15, 0.2) is 0 Å². The Morgan fingerprint density at radius 3 is 2.21 bits per heavy atom. The molecule has 5 nitrogen and oxygen atoms in total. The molecular weight excluding hydrogens is 656 g/mol. The Kier molecular flexibility index (Phi) is 10.4. The molecule has 2 aromatic rings. The molecule has 1 heterocycles. The first-order valence-corrected chi connectivity index (χ1v) is 18.5. The summed E-state index contributed by atoms with van der Waals surface area (Å²) < 4.78 is 26.6. The summed E-state index contributed by atoms with van der Waals surface area (Å²) >= 11 is 12.0. The Balaban J connectivity index is 2.30. The summed E-state index contributed by atoms with van der Waals surface area (Å²) in [6.45, 7) is 9.11. The quantitative estimate of drug-likeness (QED) is 0.217. The molecule has 1 aliphatic rings. The third-order valence-corrected chi connectivity index (χ3v) is 11.9. The first kappa shape index (κ1) is 31.4. The zero-order valence-corrected chi connectivity index (χ0v) is 27.2. The molecule has 1 amide bonds. The van der Waals surface area contributed by atoms with Gasteiger partial charge in [-0.3, -0.25) is 0 Å². The predicted molar refractivity (Wildman–Crippen MR) is 151 cm³/mol. The number of carbonyl (C=O) groups excluding carboxylic acids is 2. The van der Waals surface area contributed by atoms with Gasteiger partial charge in [-0.15, -0.1) is 0 Å². The molecule has 0 aromatic heterocycles. The van der Waals surface area contributed by atoms with Crippen molar-refractivity contribution >= 4 is 42.7 Å². The van der Waals surface area contributed by atoms with E-state index in [1.54, 1.807) is 30.9 Å². The Morgan fingerprint density at radius 2 is 1.68 bits per heavy atom. The van der Waals surface area contributed by atoms with E-state index in [4.69, 9.17) is 23.2 Å². The van der Waals surface area contributed by atoms with Crippen LogP contribution in [0.4, 0.5) is 0 Å². The Morgan fingerprint density at radius 1 is 1.05 bits per heavy atom. The standard InChI is InChI=1S/C29H37Cl2INO4S/c1-18(2)25(17-38(36,37)19(3)4)33-27(20-10-12-22(30)13-11-20)24(21-8-7-9-23(31)14-21)15-29(5,28(33)35)16-26(34)32-6/h7-14,18-19,24-25,27H,15-17H2,1-6H3/q-1/t24-,25-,27-,29-/m1/s1. The molecule has 1 aliphatic heterocycles. The van der Waals surface area contributed by atoms with Crippen LogP contribution in [0.15, 0.2) is 48.5 Å². The van der Waals surface area contributed by atoms with Gasteiger partial charge in [0.2, 0.25) is 0 Å². The van der Waals surface area contributed by atoms with Crippen molar-refractivity contribution in [1.82, 2.24) is 4.90 Å². The number of halogens is 3. The second-order valence-electron chi connectivity index (χ2n) is 11.0.